The summed E-state index contributed by atoms with van der Waals surface area (Å²) in [6, 6.07) is 8.88. The van der Waals surface area contributed by atoms with Crippen molar-refractivity contribution in [2.45, 2.75) is 13.5 Å². The van der Waals surface area contributed by atoms with E-state index in [4.69, 9.17) is 0 Å². The molecule has 0 aliphatic heterocycles. The lowest BCUT2D eigenvalue weighted by molar-refractivity contribution is 1.49. The topological polar surface area (TPSA) is 0 Å². The van der Waals surface area contributed by atoms with E-state index in [1.54, 1.807) is 5.19 Å². The van der Waals surface area contributed by atoms with Crippen molar-refractivity contribution < 1.29 is 0 Å². The summed E-state index contributed by atoms with van der Waals surface area (Å²) in [7, 11) is 0. The summed E-state index contributed by atoms with van der Waals surface area (Å²) in [5, 5.41) is 1.55. The van der Waals surface area contributed by atoms with Gasteiger partial charge in [0.2, 0.25) is 0 Å². The van der Waals surface area contributed by atoms with Crippen LogP contribution in [0.25, 0.3) is 0 Å². The Labute approximate surface area is 76.5 Å². The smallest absolute Gasteiger partial charge is 0.117 e. The van der Waals surface area contributed by atoms with E-state index in [1.165, 1.54) is 5.56 Å². The lowest BCUT2D eigenvalue weighted by Gasteiger charge is -2.00. The zero-order valence-electron chi connectivity index (χ0n) is 6.26. The van der Waals surface area contributed by atoms with Crippen LogP contribution in [0.2, 0.25) is 6.55 Å². The van der Waals surface area contributed by atoms with Crippen molar-refractivity contribution in [3.63, 3.8) is 0 Å². The first-order valence-corrected chi connectivity index (χ1v) is 9.31. The van der Waals surface area contributed by atoms with Gasteiger partial charge in [0.15, 0.2) is 0 Å². The summed E-state index contributed by atoms with van der Waals surface area (Å²) in [6.45, 7) is 4.47. The molecule has 0 amide bonds. The summed E-state index contributed by atoms with van der Waals surface area (Å²) in [5.41, 5.74) is 1.36. The molecule has 1 aromatic rings. The van der Waals surface area contributed by atoms with Crippen molar-refractivity contribution in [1.29, 1.82) is 0 Å². The van der Waals surface area contributed by atoms with Gasteiger partial charge in [0.25, 0.3) is 0 Å². The minimum absolute atomic E-state index is 0.579. The monoisotopic (exact) mass is 262 g/mol. The quantitative estimate of drug-likeness (QED) is 0.412. The number of benzene rings is 1. The number of rotatable bonds is 1. The maximum absolute atomic E-state index is 2.56. The van der Waals surface area contributed by atoms with Crippen LogP contribution in [0, 0.1) is 6.92 Å². The van der Waals surface area contributed by atoms with Crippen molar-refractivity contribution in [1.82, 2.24) is 0 Å². The van der Waals surface area contributed by atoms with Crippen LogP contribution in [-0.2, 0) is 0 Å². The molecule has 0 saturated carbocycles. The van der Waals surface area contributed by atoms with Crippen LogP contribution in [-0.4, -0.2) is 6.29 Å². The lowest BCUT2D eigenvalue weighted by Crippen LogP contribution is -2.18. The van der Waals surface area contributed by atoms with Gasteiger partial charge in [-0.05, 0) is 6.92 Å². The van der Waals surface area contributed by atoms with Crippen LogP contribution in [0.15, 0.2) is 24.3 Å². The van der Waals surface area contributed by atoms with Crippen LogP contribution < -0.4 is 5.19 Å². The van der Waals surface area contributed by atoms with Crippen molar-refractivity contribution in [3.8, 4) is 0 Å². The molecule has 0 aromatic heterocycles. The SMILES string of the molecule is Cc1ccc([SiH](C)I)cc1. The second-order valence-electron chi connectivity index (χ2n) is 2.53. The highest BCUT2D eigenvalue weighted by Crippen LogP contribution is 1.98. The highest BCUT2D eigenvalue weighted by molar-refractivity contribution is 14.1. The lowest BCUT2D eigenvalue weighted by atomic mass is 10.2. The third kappa shape index (κ3) is 2.09. The fraction of sp³-hybridized carbons (Fsp3) is 0.250. The van der Waals surface area contributed by atoms with Crippen LogP contribution >= 0.6 is 21.8 Å². The first-order chi connectivity index (χ1) is 4.70. The Balaban J connectivity index is 2.89. The van der Waals surface area contributed by atoms with E-state index in [2.05, 4.69) is 59.5 Å². The number of hydrogen-bond donors (Lipinski definition) is 0. The maximum Gasteiger partial charge on any atom is 0.137 e. The second-order valence-corrected chi connectivity index (χ2v) is 10.0. The number of aryl methyl sites for hydroxylation is 1. The third-order valence-electron chi connectivity index (χ3n) is 1.54. The Morgan fingerprint density at radius 3 is 2.10 bits per heavy atom. The van der Waals surface area contributed by atoms with Crippen LogP contribution in [0.1, 0.15) is 5.56 Å². The Bertz CT molecular complexity index is 203. The summed E-state index contributed by atoms with van der Waals surface area (Å²) in [4.78, 5) is 0. The molecule has 0 radical (unpaired) electrons. The van der Waals surface area contributed by atoms with Gasteiger partial charge in [-0.1, -0.05) is 41.6 Å². The van der Waals surface area contributed by atoms with Crippen molar-refractivity contribution in [2.75, 3.05) is 0 Å². The molecular formula is C8H11ISi. The second kappa shape index (κ2) is 3.53. The molecule has 0 aliphatic rings. The predicted molar refractivity (Wildman–Crippen MR) is 57.8 cm³/mol. The maximum atomic E-state index is 2.56. The van der Waals surface area contributed by atoms with Gasteiger partial charge in [0.1, 0.15) is 6.29 Å². The van der Waals surface area contributed by atoms with Crippen molar-refractivity contribution in [3.05, 3.63) is 29.8 Å². The third-order valence-corrected chi connectivity index (χ3v) is 5.00. The van der Waals surface area contributed by atoms with Crippen LogP contribution in [0.4, 0.5) is 0 Å². The van der Waals surface area contributed by atoms with Crippen molar-refractivity contribution in [2.24, 2.45) is 0 Å². The van der Waals surface area contributed by atoms with Crippen molar-refractivity contribution >= 4 is 33.3 Å². The van der Waals surface area contributed by atoms with E-state index in [1.807, 2.05) is 0 Å². The highest BCUT2D eigenvalue weighted by atomic mass is 127. The number of hydrogen-bond acceptors (Lipinski definition) is 0. The molecule has 1 unspecified atom stereocenters. The van der Waals surface area contributed by atoms with Crippen LogP contribution in [0.3, 0.4) is 0 Å². The number of halogens is 1. The van der Waals surface area contributed by atoms with E-state index in [0.717, 1.165) is 0 Å². The van der Waals surface area contributed by atoms with Gasteiger partial charge in [0.05, 0.1) is 0 Å². The van der Waals surface area contributed by atoms with Gasteiger partial charge in [-0.3, -0.25) is 0 Å². The van der Waals surface area contributed by atoms with E-state index in [0.29, 0.717) is 0 Å². The molecule has 1 rings (SSSR count). The van der Waals surface area contributed by atoms with Gasteiger partial charge in [-0.2, -0.15) is 0 Å². The fourth-order valence-electron chi connectivity index (χ4n) is 0.832. The predicted octanol–water partition coefficient (Wildman–Crippen LogP) is 1.99. The van der Waals surface area contributed by atoms with Gasteiger partial charge in [0, 0.05) is 0 Å². The minimum Gasteiger partial charge on any atom is -0.117 e. The standard InChI is InChI=1S/C8H11ISi/c1-7-3-5-8(6-4-7)10(2)9/h3-6,10H,1-2H3. The molecular weight excluding hydrogens is 251 g/mol. The zero-order valence-corrected chi connectivity index (χ0v) is 9.58. The summed E-state index contributed by atoms with van der Waals surface area (Å²) in [5.74, 6) is 0. The average molecular weight is 262 g/mol. The molecule has 0 spiro atoms. The molecule has 0 saturated heterocycles. The van der Waals surface area contributed by atoms with Gasteiger partial charge in [-0.15, -0.1) is 21.8 Å². The molecule has 0 nitrogen and oxygen atoms in total. The Morgan fingerprint density at radius 1 is 1.20 bits per heavy atom. The van der Waals surface area contributed by atoms with E-state index in [-0.39, 0.29) is 0 Å². The molecule has 1 atom stereocenters. The molecule has 0 fully saturated rings. The van der Waals surface area contributed by atoms with Gasteiger partial charge in [-0.25, -0.2) is 0 Å². The Hall–Kier alpha value is 0.167. The zero-order chi connectivity index (χ0) is 7.56. The molecule has 1 aromatic carbocycles. The summed E-state index contributed by atoms with van der Waals surface area (Å²) in [6.07, 6.45) is -0.579. The van der Waals surface area contributed by atoms with E-state index >= 15 is 0 Å². The summed E-state index contributed by atoms with van der Waals surface area (Å²) >= 11 is 2.56. The first kappa shape index (κ1) is 8.27. The average Bonchev–Trinajstić information content (AvgIpc) is 1.88. The highest BCUT2D eigenvalue weighted by Gasteiger charge is 1.99. The normalized spacial score (nSPS) is 13.1. The van der Waals surface area contributed by atoms with Crippen LogP contribution in [0.5, 0.6) is 0 Å². The largest absolute Gasteiger partial charge is 0.137 e. The van der Waals surface area contributed by atoms with E-state index in [9.17, 15) is 0 Å². The fourth-order valence-corrected chi connectivity index (χ4v) is 2.80. The summed E-state index contributed by atoms with van der Waals surface area (Å²) < 4.78 is 0. The molecule has 0 N–H and O–H groups in total. The Morgan fingerprint density at radius 2 is 1.70 bits per heavy atom. The minimum atomic E-state index is -0.579. The molecule has 0 heterocycles. The Kier molecular flexibility index (Phi) is 2.91. The first-order valence-electron chi connectivity index (χ1n) is 3.41. The van der Waals surface area contributed by atoms with E-state index < -0.39 is 6.29 Å². The molecule has 10 heavy (non-hydrogen) atoms. The van der Waals surface area contributed by atoms with Gasteiger partial charge >= 0.3 is 0 Å². The molecule has 54 valence electrons. The molecule has 0 aliphatic carbocycles. The molecule has 2 heteroatoms. The van der Waals surface area contributed by atoms with Gasteiger partial charge < -0.3 is 0 Å². The molecule has 0 bridgehead atoms.